The molecule has 21 heavy (non-hydrogen) atoms. The van der Waals surface area contributed by atoms with Crippen LogP contribution in [0, 0.1) is 5.92 Å². The molecular weight excluding hydrogens is 264 g/mol. The summed E-state index contributed by atoms with van der Waals surface area (Å²) in [4.78, 5) is 12.7. The smallest absolute Gasteiger partial charge is 0.167 e. The molecule has 0 aromatic carbocycles. The molecule has 126 valence electrons. The third-order valence-corrected chi connectivity index (χ3v) is 3.93. The lowest BCUT2D eigenvalue weighted by Crippen LogP contribution is -2.40. The molecule has 1 atom stereocenters. The van der Waals surface area contributed by atoms with Crippen LogP contribution in [0.2, 0.25) is 0 Å². The molecule has 0 radical (unpaired) electrons. The fraction of sp³-hybridized carbons (Fsp3) is 0.944. The first-order chi connectivity index (χ1) is 9.64. The van der Waals surface area contributed by atoms with Gasteiger partial charge in [-0.3, -0.25) is 4.79 Å². The van der Waals surface area contributed by atoms with Crippen molar-refractivity contribution in [2.45, 2.75) is 97.7 Å². The predicted molar refractivity (Wildman–Crippen MR) is 88.5 cm³/mol. The second-order valence-corrected chi connectivity index (χ2v) is 7.27. The van der Waals surface area contributed by atoms with E-state index in [0.717, 1.165) is 25.7 Å². The number of ketones is 1. The fourth-order valence-electron chi connectivity index (χ4n) is 2.51. The zero-order chi connectivity index (χ0) is 16.5. The molecule has 1 N–H and O–H groups in total. The number of hydrogen-bond acceptors (Lipinski definition) is 3. The Morgan fingerprint density at radius 3 is 2.14 bits per heavy atom. The van der Waals surface area contributed by atoms with Crippen LogP contribution < -0.4 is 0 Å². The molecule has 0 saturated carbocycles. The van der Waals surface area contributed by atoms with Crippen LogP contribution in [0.4, 0.5) is 0 Å². The lowest BCUT2D eigenvalue weighted by atomic mass is 9.85. The fourth-order valence-corrected chi connectivity index (χ4v) is 2.51. The van der Waals surface area contributed by atoms with Crippen LogP contribution in [0.15, 0.2) is 0 Å². The third-order valence-electron chi connectivity index (χ3n) is 3.93. The molecule has 0 aliphatic heterocycles. The van der Waals surface area contributed by atoms with Gasteiger partial charge in [-0.05, 0) is 47.0 Å². The Morgan fingerprint density at radius 2 is 1.67 bits per heavy atom. The standard InChI is InChI=1S/C18H36O3/c1-7-9-10-12-15(11-8-2)16(19)18(5,6)21-14-13-17(3,4)20/h15,20H,7-14H2,1-6H3. The largest absolute Gasteiger partial charge is 0.390 e. The van der Waals surface area contributed by atoms with E-state index in [2.05, 4.69) is 13.8 Å². The molecule has 0 aromatic heterocycles. The van der Waals surface area contributed by atoms with Gasteiger partial charge in [-0.15, -0.1) is 0 Å². The van der Waals surface area contributed by atoms with Crippen LogP contribution in [-0.4, -0.2) is 28.7 Å². The van der Waals surface area contributed by atoms with Crippen LogP contribution in [-0.2, 0) is 9.53 Å². The number of unbranched alkanes of at least 4 members (excludes halogenated alkanes) is 2. The second-order valence-electron chi connectivity index (χ2n) is 7.27. The average molecular weight is 300 g/mol. The Morgan fingerprint density at radius 1 is 1.05 bits per heavy atom. The number of carbonyl (C=O) groups is 1. The lowest BCUT2D eigenvalue weighted by molar-refractivity contribution is -0.147. The minimum absolute atomic E-state index is 0.110. The van der Waals surface area contributed by atoms with E-state index in [9.17, 15) is 9.90 Å². The summed E-state index contributed by atoms with van der Waals surface area (Å²) in [6, 6.07) is 0. The van der Waals surface area contributed by atoms with Crippen molar-refractivity contribution in [1.82, 2.24) is 0 Å². The number of hydrogen-bond donors (Lipinski definition) is 1. The highest BCUT2D eigenvalue weighted by molar-refractivity contribution is 5.88. The summed E-state index contributed by atoms with van der Waals surface area (Å²) in [5.41, 5.74) is -1.50. The van der Waals surface area contributed by atoms with Gasteiger partial charge in [-0.2, -0.15) is 0 Å². The first kappa shape index (κ1) is 20.6. The van der Waals surface area contributed by atoms with Gasteiger partial charge in [0, 0.05) is 5.92 Å². The topological polar surface area (TPSA) is 46.5 Å². The predicted octanol–water partition coefficient (Wildman–Crippen LogP) is 4.51. The van der Waals surface area contributed by atoms with Crippen molar-refractivity contribution >= 4 is 5.78 Å². The number of Topliss-reactive ketones (excluding diaryl/α,β-unsaturated/α-hetero) is 1. The van der Waals surface area contributed by atoms with Gasteiger partial charge in [0.2, 0.25) is 0 Å². The second kappa shape index (κ2) is 9.58. The maximum absolute atomic E-state index is 12.7. The normalized spacial score (nSPS) is 14.2. The van der Waals surface area contributed by atoms with Gasteiger partial charge in [0.05, 0.1) is 12.2 Å². The zero-order valence-corrected chi connectivity index (χ0v) is 15.0. The Kier molecular flexibility index (Phi) is 9.39. The Hall–Kier alpha value is -0.410. The van der Waals surface area contributed by atoms with Crippen LogP contribution in [0.1, 0.15) is 86.5 Å². The number of rotatable bonds is 12. The molecule has 1 unspecified atom stereocenters. The molecule has 0 rings (SSSR count). The van der Waals surface area contributed by atoms with Gasteiger partial charge < -0.3 is 9.84 Å². The molecule has 0 aliphatic carbocycles. The van der Waals surface area contributed by atoms with Gasteiger partial charge in [-0.1, -0.05) is 39.5 Å². The van der Waals surface area contributed by atoms with Crippen molar-refractivity contribution in [2.75, 3.05) is 6.61 Å². The van der Waals surface area contributed by atoms with Crippen LogP contribution in [0.3, 0.4) is 0 Å². The Bertz CT molecular complexity index is 289. The number of aliphatic hydroxyl groups is 1. The van der Waals surface area contributed by atoms with E-state index in [4.69, 9.17) is 4.74 Å². The highest BCUT2D eigenvalue weighted by Gasteiger charge is 2.34. The summed E-state index contributed by atoms with van der Waals surface area (Å²) in [6.07, 6.45) is 6.97. The lowest BCUT2D eigenvalue weighted by Gasteiger charge is -2.30. The molecule has 0 spiro atoms. The van der Waals surface area contributed by atoms with E-state index < -0.39 is 11.2 Å². The van der Waals surface area contributed by atoms with Gasteiger partial charge in [0.25, 0.3) is 0 Å². The van der Waals surface area contributed by atoms with Crippen molar-refractivity contribution in [3.05, 3.63) is 0 Å². The Balaban J connectivity index is 4.49. The van der Waals surface area contributed by atoms with E-state index in [-0.39, 0.29) is 11.7 Å². The molecule has 0 saturated heterocycles. The first-order valence-corrected chi connectivity index (χ1v) is 8.54. The van der Waals surface area contributed by atoms with Crippen LogP contribution in [0.25, 0.3) is 0 Å². The Labute approximate surface area is 131 Å². The summed E-state index contributed by atoms with van der Waals surface area (Å²) >= 11 is 0. The summed E-state index contributed by atoms with van der Waals surface area (Å²) in [5, 5.41) is 9.72. The van der Waals surface area contributed by atoms with Crippen molar-refractivity contribution in [1.29, 1.82) is 0 Å². The number of ether oxygens (including phenoxy) is 1. The summed E-state index contributed by atoms with van der Waals surface area (Å²) in [7, 11) is 0. The van der Waals surface area contributed by atoms with E-state index in [1.54, 1.807) is 13.8 Å². The molecule has 0 aromatic rings. The van der Waals surface area contributed by atoms with Gasteiger partial charge in [-0.25, -0.2) is 0 Å². The van der Waals surface area contributed by atoms with Gasteiger partial charge in [0.15, 0.2) is 5.78 Å². The third kappa shape index (κ3) is 9.26. The molecular formula is C18H36O3. The summed E-state index contributed by atoms with van der Waals surface area (Å²) in [5.74, 6) is 0.329. The van der Waals surface area contributed by atoms with E-state index >= 15 is 0 Å². The van der Waals surface area contributed by atoms with Gasteiger partial charge >= 0.3 is 0 Å². The average Bonchev–Trinajstić information content (AvgIpc) is 2.35. The molecule has 0 heterocycles. The maximum atomic E-state index is 12.7. The van der Waals surface area contributed by atoms with E-state index in [1.807, 2.05) is 13.8 Å². The summed E-state index contributed by atoms with van der Waals surface area (Å²) < 4.78 is 5.79. The minimum atomic E-state index is -0.753. The molecule has 0 amide bonds. The highest BCUT2D eigenvalue weighted by Crippen LogP contribution is 2.25. The van der Waals surface area contributed by atoms with Crippen LogP contribution >= 0.6 is 0 Å². The maximum Gasteiger partial charge on any atom is 0.167 e. The summed E-state index contributed by atoms with van der Waals surface area (Å²) in [6.45, 7) is 12.0. The SMILES string of the molecule is CCCCCC(CCC)C(=O)C(C)(C)OCCC(C)(C)O. The molecule has 0 aliphatic rings. The van der Waals surface area contributed by atoms with Crippen molar-refractivity contribution in [3.8, 4) is 0 Å². The number of carbonyl (C=O) groups excluding carboxylic acids is 1. The zero-order valence-electron chi connectivity index (χ0n) is 15.0. The van der Waals surface area contributed by atoms with Crippen molar-refractivity contribution in [3.63, 3.8) is 0 Å². The quantitative estimate of drug-likeness (QED) is 0.539. The molecule has 3 nitrogen and oxygen atoms in total. The van der Waals surface area contributed by atoms with Gasteiger partial charge in [0.1, 0.15) is 5.60 Å². The monoisotopic (exact) mass is 300 g/mol. The van der Waals surface area contributed by atoms with Crippen molar-refractivity contribution < 1.29 is 14.6 Å². The minimum Gasteiger partial charge on any atom is -0.390 e. The molecule has 3 heteroatoms. The highest BCUT2D eigenvalue weighted by atomic mass is 16.5. The van der Waals surface area contributed by atoms with Crippen molar-refractivity contribution in [2.24, 2.45) is 5.92 Å². The van der Waals surface area contributed by atoms with Crippen LogP contribution in [0.5, 0.6) is 0 Å². The molecule has 0 bridgehead atoms. The first-order valence-electron chi connectivity index (χ1n) is 8.54. The van der Waals surface area contributed by atoms with E-state index in [0.29, 0.717) is 13.0 Å². The van der Waals surface area contributed by atoms with E-state index in [1.165, 1.54) is 12.8 Å². The molecule has 0 fully saturated rings.